The SMILES string of the molecule is CCc1cc(OC2=CC=NC3=CC(OCCOC)=C4OCCOC4C32)c(F)cc1NC(=O)C1=CN(C)C(C)N(c2ccc(F)cc2)C1=O. The molecule has 3 unspecified atom stereocenters. The maximum Gasteiger partial charge on any atom is 0.267 e. The molecule has 11 nitrogen and oxygen atoms in total. The first kappa shape index (κ1) is 32.9. The summed E-state index contributed by atoms with van der Waals surface area (Å²) >= 11 is 0. The van der Waals surface area contributed by atoms with E-state index in [9.17, 15) is 14.0 Å². The van der Waals surface area contributed by atoms with Crippen molar-refractivity contribution in [3.05, 3.63) is 100 Å². The quantitative estimate of drug-likeness (QED) is 0.285. The Morgan fingerprint density at radius 2 is 1.94 bits per heavy atom. The summed E-state index contributed by atoms with van der Waals surface area (Å²) < 4.78 is 58.5. The maximum absolute atomic E-state index is 15.7. The van der Waals surface area contributed by atoms with Crippen LogP contribution in [0.5, 0.6) is 5.75 Å². The number of hydrogen-bond donors (Lipinski definition) is 1. The number of amides is 2. The molecule has 48 heavy (non-hydrogen) atoms. The average Bonchev–Trinajstić information content (AvgIpc) is 3.08. The van der Waals surface area contributed by atoms with E-state index in [-0.39, 0.29) is 17.0 Å². The van der Waals surface area contributed by atoms with E-state index in [0.717, 1.165) is 0 Å². The minimum atomic E-state index is -0.727. The first-order valence-corrected chi connectivity index (χ1v) is 15.6. The van der Waals surface area contributed by atoms with Crippen molar-refractivity contribution in [1.29, 1.82) is 0 Å². The molecular weight excluding hydrogens is 626 g/mol. The smallest absolute Gasteiger partial charge is 0.267 e. The largest absolute Gasteiger partial charge is 0.489 e. The summed E-state index contributed by atoms with van der Waals surface area (Å²) in [4.78, 5) is 34.6. The summed E-state index contributed by atoms with van der Waals surface area (Å²) in [5.41, 5.74) is 1.66. The van der Waals surface area contributed by atoms with Crippen molar-refractivity contribution < 1.29 is 42.1 Å². The van der Waals surface area contributed by atoms with Crippen molar-refractivity contribution in [2.24, 2.45) is 10.9 Å². The van der Waals surface area contributed by atoms with Gasteiger partial charge in [-0.05, 0) is 55.3 Å². The third kappa shape index (κ3) is 6.43. The summed E-state index contributed by atoms with van der Waals surface area (Å²) in [6.07, 6.45) is 5.81. The zero-order valence-corrected chi connectivity index (χ0v) is 27.0. The van der Waals surface area contributed by atoms with E-state index in [1.54, 1.807) is 44.3 Å². The van der Waals surface area contributed by atoms with Crippen molar-refractivity contribution in [2.45, 2.75) is 32.5 Å². The van der Waals surface area contributed by atoms with Crippen LogP contribution in [0.1, 0.15) is 19.4 Å². The molecule has 3 aliphatic heterocycles. The first-order chi connectivity index (χ1) is 23.2. The number of carbonyl (C=O) groups excluding carboxylic acids is 2. The summed E-state index contributed by atoms with van der Waals surface area (Å²) in [6, 6.07) is 8.14. The fourth-order valence-electron chi connectivity index (χ4n) is 5.89. The first-order valence-electron chi connectivity index (χ1n) is 15.6. The van der Waals surface area contributed by atoms with Crippen LogP contribution in [0, 0.1) is 17.6 Å². The van der Waals surface area contributed by atoms with Gasteiger partial charge in [-0.2, -0.15) is 0 Å². The number of nitrogens with zero attached hydrogens (tertiary/aromatic N) is 3. The van der Waals surface area contributed by atoms with Crippen LogP contribution in [-0.2, 0) is 35.0 Å². The number of dihydropyridines is 1. The third-order valence-corrected chi connectivity index (χ3v) is 8.46. The van der Waals surface area contributed by atoms with E-state index in [4.69, 9.17) is 23.7 Å². The van der Waals surface area contributed by atoms with E-state index in [1.165, 1.54) is 47.5 Å². The fraction of sp³-hybridized carbons (Fsp3) is 0.343. The number of aliphatic imine (C=N–C) groups is 1. The van der Waals surface area contributed by atoms with Crippen molar-refractivity contribution >= 4 is 29.4 Å². The molecule has 2 amide bonds. The summed E-state index contributed by atoms with van der Waals surface area (Å²) in [5, 5.41) is 2.71. The van der Waals surface area contributed by atoms with E-state index in [2.05, 4.69) is 10.3 Å². The lowest BCUT2D eigenvalue weighted by molar-refractivity contribution is -0.121. The topological polar surface area (TPSA) is 111 Å². The average molecular weight is 663 g/mol. The number of nitrogens with one attached hydrogen (secondary N) is 1. The molecule has 3 atom stereocenters. The second kappa shape index (κ2) is 14.0. The number of ether oxygens (including phenoxy) is 5. The molecule has 0 aromatic heterocycles. The number of anilines is 2. The van der Waals surface area contributed by atoms with Gasteiger partial charge in [-0.15, -0.1) is 0 Å². The van der Waals surface area contributed by atoms with Gasteiger partial charge < -0.3 is 33.9 Å². The Morgan fingerprint density at radius 3 is 2.69 bits per heavy atom. The van der Waals surface area contributed by atoms with Gasteiger partial charge in [-0.3, -0.25) is 19.5 Å². The lowest BCUT2D eigenvalue weighted by Crippen LogP contribution is -2.52. The number of fused-ring (bicyclic) bond motifs is 3. The van der Waals surface area contributed by atoms with Crippen LogP contribution in [0.15, 0.2) is 88.3 Å². The fourth-order valence-corrected chi connectivity index (χ4v) is 5.89. The van der Waals surface area contributed by atoms with E-state index in [1.807, 2.05) is 6.92 Å². The number of methoxy groups -OCH3 is 1. The molecule has 2 aromatic rings. The van der Waals surface area contributed by atoms with Gasteiger partial charge in [0, 0.05) is 50.1 Å². The van der Waals surface area contributed by atoms with Gasteiger partial charge in [-0.1, -0.05) is 6.92 Å². The van der Waals surface area contributed by atoms with Crippen LogP contribution in [-0.4, -0.2) is 75.8 Å². The second-order valence-electron chi connectivity index (χ2n) is 11.4. The Labute approximate surface area is 276 Å². The number of carbonyl (C=O) groups is 2. The molecule has 0 radical (unpaired) electrons. The number of aryl methyl sites for hydroxylation is 1. The molecule has 0 bridgehead atoms. The monoisotopic (exact) mass is 662 g/mol. The Kier molecular flexibility index (Phi) is 9.60. The number of allylic oxidation sites excluding steroid dienone is 2. The van der Waals surface area contributed by atoms with Gasteiger partial charge in [0.1, 0.15) is 42.6 Å². The van der Waals surface area contributed by atoms with Crippen molar-refractivity contribution in [2.75, 3.05) is 50.8 Å². The predicted octanol–water partition coefficient (Wildman–Crippen LogP) is 4.83. The molecular formula is C35H36F2N4O7. The van der Waals surface area contributed by atoms with Crippen LogP contribution < -0.4 is 15.0 Å². The van der Waals surface area contributed by atoms with Crippen LogP contribution in [0.25, 0.3) is 0 Å². The van der Waals surface area contributed by atoms with Crippen molar-refractivity contribution in [1.82, 2.24) is 4.90 Å². The minimum absolute atomic E-state index is 0.0563. The molecule has 2 aromatic carbocycles. The zero-order chi connectivity index (χ0) is 33.9. The Balaban J connectivity index is 1.22. The molecule has 3 heterocycles. The number of rotatable bonds is 10. The highest BCUT2D eigenvalue weighted by Gasteiger charge is 2.43. The highest BCUT2D eigenvalue weighted by molar-refractivity contribution is 6.27. The van der Waals surface area contributed by atoms with Crippen molar-refractivity contribution in [3.63, 3.8) is 0 Å². The summed E-state index contributed by atoms with van der Waals surface area (Å²) in [7, 11) is 3.31. The third-order valence-electron chi connectivity index (χ3n) is 8.46. The van der Waals surface area contributed by atoms with Gasteiger partial charge in [0.25, 0.3) is 11.8 Å². The molecule has 13 heteroatoms. The van der Waals surface area contributed by atoms with Gasteiger partial charge in [0.2, 0.25) is 0 Å². The lowest BCUT2D eigenvalue weighted by Gasteiger charge is -2.39. The Hall–Kier alpha value is -5.01. The zero-order valence-electron chi connectivity index (χ0n) is 27.0. The molecule has 252 valence electrons. The van der Waals surface area contributed by atoms with Gasteiger partial charge in [0.15, 0.2) is 23.1 Å². The van der Waals surface area contributed by atoms with Crippen LogP contribution >= 0.6 is 0 Å². The predicted molar refractivity (Wildman–Crippen MR) is 173 cm³/mol. The van der Waals surface area contributed by atoms with Crippen LogP contribution in [0.4, 0.5) is 20.2 Å². The van der Waals surface area contributed by atoms with Crippen LogP contribution in [0.3, 0.4) is 0 Å². The Bertz CT molecular complexity index is 1750. The molecule has 1 N–H and O–H groups in total. The molecule has 4 aliphatic rings. The Morgan fingerprint density at radius 1 is 1.15 bits per heavy atom. The molecule has 6 rings (SSSR count). The molecule has 1 aliphatic carbocycles. The number of benzene rings is 2. The maximum atomic E-state index is 15.7. The number of hydrogen-bond acceptors (Lipinski definition) is 9. The molecule has 0 saturated carbocycles. The van der Waals surface area contributed by atoms with Crippen molar-refractivity contribution in [3.8, 4) is 5.75 Å². The number of halogens is 2. The van der Waals surface area contributed by atoms with Gasteiger partial charge in [0.05, 0.1) is 24.8 Å². The standard InChI is InChI=1S/C35H36F2N4O7/c1-5-21-16-29(48-28-10-11-38-27-18-30(45-13-12-44-4)32-33(31(27)28)47-15-14-46-32)25(37)17-26(21)39-34(42)24-19-40(3)20(2)41(35(24)43)23-8-6-22(36)7-9-23/h6-11,16-20,31,33H,5,12-15H2,1-4H3,(H,39,42). The minimum Gasteiger partial charge on any atom is -0.489 e. The molecule has 0 spiro atoms. The van der Waals surface area contributed by atoms with Gasteiger partial charge in [-0.25, -0.2) is 8.78 Å². The van der Waals surface area contributed by atoms with E-state index >= 15 is 4.39 Å². The molecule has 1 saturated heterocycles. The lowest BCUT2D eigenvalue weighted by atomic mass is 9.87. The van der Waals surface area contributed by atoms with E-state index in [0.29, 0.717) is 67.1 Å². The van der Waals surface area contributed by atoms with E-state index < -0.39 is 41.6 Å². The summed E-state index contributed by atoms with van der Waals surface area (Å²) in [6.45, 7) is 5.04. The van der Waals surface area contributed by atoms with Gasteiger partial charge >= 0.3 is 0 Å². The highest BCUT2D eigenvalue weighted by Crippen LogP contribution is 2.42. The normalized spacial score (nSPS) is 21.8. The molecule has 1 fully saturated rings. The second-order valence-corrected chi connectivity index (χ2v) is 11.4. The highest BCUT2D eigenvalue weighted by atomic mass is 19.1. The van der Waals surface area contributed by atoms with Crippen LogP contribution in [0.2, 0.25) is 0 Å². The summed E-state index contributed by atoms with van der Waals surface area (Å²) in [5.74, 6) is -1.63.